The van der Waals surface area contributed by atoms with Crippen LogP contribution in [0.4, 0.5) is 0 Å². The van der Waals surface area contributed by atoms with Gasteiger partial charge in [-0.25, -0.2) is 0 Å². The smallest absolute Gasteiger partial charge is 0.230 e. The second kappa shape index (κ2) is 7.19. The molecule has 3 aliphatic rings. The van der Waals surface area contributed by atoms with Crippen molar-refractivity contribution in [1.29, 1.82) is 0 Å². The molecule has 1 atom stereocenters. The highest BCUT2D eigenvalue weighted by Crippen LogP contribution is 2.35. The van der Waals surface area contributed by atoms with Gasteiger partial charge in [-0.3, -0.25) is 9.59 Å². The zero-order valence-corrected chi connectivity index (χ0v) is 15.0. The Morgan fingerprint density at radius 2 is 1.84 bits per heavy atom. The number of hydrogen-bond donors (Lipinski definition) is 0. The van der Waals surface area contributed by atoms with Crippen molar-refractivity contribution in [3.63, 3.8) is 0 Å². The quantitative estimate of drug-likeness (QED) is 0.845. The maximum atomic E-state index is 13.0. The topological polar surface area (TPSA) is 40.6 Å². The van der Waals surface area contributed by atoms with Crippen molar-refractivity contribution in [2.75, 3.05) is 26.2 Å². The molecular weight excluding hydrogens is 312 g/mol. The first kappa shape index (κ1) is 16.6. The molecule has 1 aliphatic carbocycles. The standard InChI is InChI=1S/C21H28N2O2/c24-20-6-3-12-22(20)13-9-16-10-14-23(15-11-16)21(25)19-8-7-17-4-1-2-5-18(17)19/h1-2,4-5,16,19H,3,6-15H2/t19-/m1/s1. The number of carbonyl (C=O) groups is 2. The Hall–Kier alpha value is -1.84. The van der Waals surface area contributed by atoms with Crippen LogP contribution in [0.3, 0.4) is 0 Å². The van der Waals surface area contributed by atoms with Gasteiger partial charge in [0, 0.05) is 32.6 Å². The summed E-state index contributed by atoms with van der Waals surface area (Å²) in [7, 11) is 0. The highest BCUT2D eigenvalue weighted by Gasteiger charge is 2.33. The van der Waals surface area contributed by atoms with Crippen LogP contribution in [-0.2, 0) is 16.0 Å². The highest BCUT2D eigenvalue weighted by molar-refractivity contribution is 5.85. The number of amides is 2. The lowest BCUT2D eigenvalue weighted by Gasteiger charge is -2.34. The molecule has 0 N–H and O–H groups in total. The van der Waals surface area contributed by atoms with E-state index in [0.29, 0.717) is 17.7 Å². The Labute approximate surface area is 150 Å². The van der Waals surface area contributed by atoms with E-state index in [1.54, 1.807) is 0 Å². The molecule has 4 rings (SSSR count). The molecule has 4 heteroatoms. The lowest BCUT2D eigenvalue weighted by Crippen LogP contribution is -2.41. The number of benzene rings is 1. The van der Waals surface area contributed by atoms with E-state index in [2.05, 4.69) is 29.2 Å². The summed E-state index contributed by atoms with van der Waals surface area (Å²) in [6, 6.07) is 8.41. The van der Waals surface area contributed by atoms with Crippen molar-refractivity contribution in [2.45, 2.75) is 50.9 Å². The first-order valence-electron chi connectivity index (χ1n) is 9.87. The Kier molecular flexibility index (Phi) is 4.78. The van der Waals surface area contributed by atoms with E-state index in [-0.39, 0.29) is 5.92 Å². The number of likely N-dealkylation sites (tertiary alicyclic amines) is 2. The van der Waals surface area contributed by atoms with Crippen LogP contribution in [0.25, 0.3) is 0 Å². The molecule has 0 unspecified atom stereocenters. The molecule has 0 aromatic heterocycles. The maximum Gasteiger partial charge on any atom is 0.230 e. The molecule has 134 valence electrons. The first-order valence-corrected chi connectivity index (χ1v) is 9.87. The molecule has 0 spiro atoms. The van der Waals surface area contributed by atoms with Gasteiger partial charge >= 0.3 is 0 Å². The van der Waals surface area contributed by atoms with Gasteiger partial charge in [0.1, 0.15) is 0 Å². The summed E-state index contributed by atoms with van der Waals surface area (Å²) in [5.74, 6) is 1.40. The minimum absolute atomic E-state index is 0.0787. The molecule has 0 saturated carbocycles. The van der Waals surface area contributed by atoms with Gasteiger partial charge in [-0.05, 0) is 55.6 Å². The highest BCUT2D eigenvalue weighted by atomic mass is 16.2. The summed E-state index contributed by atoms with van der Waals surface area (Å²) in [6.45, 7) is 3.62. The van der Waals surface area contributed by atoms with Gasteiger partial charge in [-0.15, -0.1) is 0 Å². The van der Waals surface area contributed by atoms with Crippen molar-refractivity contribution in [1.82, 2.24) is 9.80 Å². The largest absolute Gasteiger partial charge is 0.343 e. The van der Waals surface area contributed by atoms with Crippen LogP contribution in [0.1, 0.15) is 55.6 Å². The molecule has 2 fully saturated rings. The van der Waals surface area contributed by atoms with Gasteiger partial charge in [-0.2, -0.15) is 0 Å². The fraction of sp³-hybridized carbons (Fsp3) is 0.619. The van der Waals surface area contributed by atoms with Crippen molar-refractivity contribution in [3.05, 3.63) is 35.4 Å². The number of carbonyl (C=O) groups excluding carboxylic acids is 2. The second-order valence-electron chi connectivity index (χ2n) is 7.83. The number of fused-ring (bicyclic) bond motifs is 1. The Balaban J connectivity index is 1.27. The third-order valence-corrected chi connectivity index (χ3v) is 6.34. The van der Waals surface area contributed by atoms with Gasteiger partial charge in [-0.1, -0.05) is 24.3 Å². The van der Waals surface area contributed by atoms with E-state index in [1.807, 2.05) is 4.90 Å². The van der Waals surface area contributed by atoms with Crippen molar-refractivity contribution in [2.24, 2.45) is 5.92 Å². The SMILES string of the molecule is O=C1CCCN1CCC1CCN(C(=O)[C@@H]2CCc3ccccc32)CC1. The summed E-state index contributed by atoms with van der Waals surface area (Å²) in [4.78, 5) is 28.8. The molecule has 0 bridgehead atoms. The molecule has 1 aromatic rings. The Morgan fingerprint density at radius 1 is 1.04 bits per heavy atom. The maximum absolute atomic E-state index is 13.0. The van der Waals surface area contributed by atoms with E-state index in [1.165, 1.54) is 11.1 Å². The predicted octanol–water partition coefficient (Wildman–Crippen LogP) is 2.97. The van der Waals surface area contributed by atoms with Crippen molar-refractivity contribution < 1.29 is 9.59 Å². The van der Waals surface area contributed by atoms with Gasteiger partial charge in [0.25, 0.3) is 0 Å². The molecule has 2 saturated heterocycles. The summed E-state index contributed by atoms with van der Waals surface area (Å²) in [5.41, 5.74) is 2.60. The summed E-state index contributed by atoms with van der Waals surface area (Å²) < 4.78 is 0. The van der Waals surface area contributed by atoms with E-state index in [4.69, 9.17) is 0 Å². The fourth-order valence-electron chi connectivity index (χ4n) is 4.75. The predicted molar refractivity (Wildman–Crippen MR) is 97.2 cm³/mol. The zero-order chi connectivity index (χ0) is 17.2. The van der Waals surface area contributed by atoms with E-state index < -0.39 is 0 Å². The zero-order valence-electron chi connectivity index (χ0n) is 15.0. The number of nitrogens with zero attached hydrogens (tertiary/aromatic N) is 2. The van der Waals surface area contributed by atoms with E-state index in [9.17, 15) is 9.59 Å². The first-order chi connectivity index (χ1) is 12.2. The summed E-state index contributed by atoms with van der Waals surface area (Å²) >= 11 is 0. The van der Waals surface area contributed by atoms with Crippen LogP contribution in [0.15, 0.2) is 24.3 Å². The van der Waals surface area contributed by atoms with Crippen LogP contribution >= 0.6 is 0 Å². The van der Waals surface area contributed by atoms with Crippen LogP contribution in [0.2, 0.25) is 0 Å². The molecule has 0 radical (unpaired) electrons. The van der Waals surface area contributed by atoms with Crippen molar-refractivity contribution in [3.8, 4) is 0 Å². The van der Waals surface area contributed by atoms with Crippen LogP contribution in [-0.4, -0.2) is 47.8 Å². The molecular formula is C21H28N2O2. The van der Waals surface area contributed by atoms with Crippen molar-refractivity contribution >= 4 is 11.8 Å². The van der Waals surface area contributed by atoms with Gasteiger partial charge in [0.05, 0.1) is 5.92 Å². The molecule has 25 heavy (non-hydrogen) atoms. The number of hydrogen-bond acceptors (Lipinski definition) is 2. The Bertz CT molecular complexity index is 649. The molecule has 2 amide bonds. The van der Waals surface area contributed by atoms with Gasteiger partial charge in [0.2, 0.25) is 11.8 Å². The van der Waals surface area contributed by atoms with Gasteiger partial charge < -0.3 is 9.80 Å². The molecule has 1 aromatic carbocycles. The summed E-state index contributed by atoms with van der Waals surface area (Å²) in [5, 5.41) is 0. The van der Waals surface area contributed by atoms with Crippen LogP contribution in [0, 0.1) is 5.92 Å². The lowest BCUT2D eigenvalue weighted by molar-refractivity contribution is -0.134. The van der Waals surface area contributed by atoms with E-state index in [0.717, 1.165) is 71.1 Å². The minimum atomic E-state index is 0.0787. The number of aryl methyl sites for hydroxylation is 1. The third-order valence-electron chi connectivity index (χ3n) is 6.34. The average molecular weight is 340 g/mol. The molecule has 4 nitrogen and oxygen atoms in total. The average Bonchev–Trinajstić information content (AvgIpc) is 3.26. The monoisotopic (exact) mass is 340 g/mol. The number of rotatable bonds is 4. The molecule has 2 heterocycles. The minimum Gasteiger partial charge on any atom is -0.343 e. The normalized spacial score (nSPS) is 24.0. The molecule has 2 aliphatic heterocycles. The Morgan fingerprint density at radius 3 is 2.60 bits per heavy atom. The second-order valence-corrected chi connectivity index (χ2v) is 7.83. The third kappa shape index (κ3) is 3.44. The van der Waals surface area contributed by atoms with Crippen LogP contribution in [0.5, 0.6) is 0 Å². The lowest BCUT2D eigenvalue weighted by atomic mass is 9.91. The van der Waals surface area contributed by atoms with Crippen LogP contribution < -0.4 is 0 Å². The van der Waals surface area contributed by atoms with Gasteiger partial charge in [0.15, 0.2) is 0 Å². The number of piperidine rings is 1. The summed E-state index contributed by atoms with van der Waals surface area (Å²) in [6.07, 6.45) is 7.02. The van der Waals surface area contributed by atoms with E-state index >= 15 is 0 Å². The fourth-order valence-corrected chi connectivity index (χ4v) is 4.75.